The molecule has 2 rings (SSSR count). The normalized spacial score (nSPS) is 19.8. The van der Waals surface area contributed by atoms with Gasteiger partial charge in [-0.1, -0.05) is 31.4 Å². The zero-order chi connectivity index (χ0) is 14.5. The molecule has 1 aromatic rings. The predicted molar refractivity (Wildman–Crippen MR) is 79.0 cm³/mol. The number of carbonyl (C=O) groups excluding carboxylic acids is 1. The van der Waals surface area contributed by atoms with Crippen molar-refractivity contribution in [2.45, 2.75) is 45.1 Å². The third kappa shape index (κ3) is 3.49. The maximum Gasteiger partial charge on any atom is 0.254 e. The topological polar surface area (TPSA) is 53.4 Å². The molecule has 5 heteroatoms. The van der Waals surface area contributed by atoms with Gasteiger partial charge < -0.3 is 10.0 Å². The van der Waals surface area contributed by atoms with Gasteiger partial charge in [0.15, 0.2) is 0 Å². The second kappa shape index (κ2) is 7.04. The summed E-state index contributed by atoms with van der Waals surface area (Å²) < 4.78 is 0. The number of rotatable bonds is 3. The maximum absolute atomic E-state index is 12.7. The van der Waals surface area contributed by atoms with Crippen LogP contribution in [0.2, 0.25) is 5.15 Å². The van der Waals surface area contributed by atoms with Crippen LogP contribution < -0.4 is 0 Å². The van der Waals surface area contributed by atoms with Crippen molar-refractivity contribution in [3.8, 4) is 0 Å². The van der Waals surface area contributed by atoms with Crippen LogP contribution in [0.15, 0.2) is 12.1 Å². The fourth-order valence-corrected chi connectivity index (χ4v) is 2.88. The molecule has 1 aliphatic heterocycles. The number of aryl methyl sites for hydroxylation is 1. The molecular weight excluding hydrogens is 276 g/mol. The molecule has 2 heterocycles. The molecule has 0 radical (unpaired) electrons. The molecule has 20 heavy (non-hydrogen) atoms. The van der Waals surface area contributed by atoms with Gasteiger partial charge in [0.2, 0.25) is 0 Å². The van der Waals surface area contributed by atoms with Crippen molar-refractivity contribution in [3.63, 3.8) is 0 Å². The molecule has 0 aliphatic carbocycles. The third-order valence-corrected chi connectivity index (χ3v) is 4.00. The summed E-state index contributed by atoms with van der Waals surface area (Å²) in [6, 6.07) is 3.33. The summed E-state index contributed by atoms with van der Waals surface area (Å²) in [4.78, 5) is 18.6. The van der Waals surface area contributed by atoms with Gasteiger partial charge in [0.1, 0.15) is 5.15 Å². The summed E-state index contributed by atoms with van der Waals surface area (Å²) in [6.45, 7) is 2.70. The highest BCUT2D eigenvalue weighted by molar-refractivity contribution is 6.29. The summed E-state index contributed by atoms with van der Waals surface area (Å²) in [7, 11) is 0. The first-order chi connectivity index (χ1) is 9.65. The number of amides is 1. The highest BCUT2D eigenvalue weighted by Crippen LogP contribution is 2.20. The number of likely N-dealkylation sites (tertiary alicyclic amines) is 1. The lowest BCUT2D eigenvalue weighted by Gasteiger charge is -2.28. The lowest BCUT2D eigenvalue weighted by atomic mass is 10.1. The molecule has 0 spiro atoms. The molecular formula is C15H21ClN2O2. The fourth-order valence-electron chi connectivity index (χ4n) is 2.66. The van der Waals surface area contributed by atoms with Gasteiger partial charge in [0.05, 0.1) is 12.6 Å². The van der Waals surface area contributed by atoms with Crippen LogP contribution in [0.25, 0.3) is 0 Å². The maximum atomic E-state index is 12.7. The van der Waals surface area contributed by atoms with E-state index in [2.05, 4.69) is 4.98 Å². The van der Waals surface area contributed by atoms with E-state index in [1.54, 1.807) is 17.0 Å². The van der Waals surface area contributed by atoms with Crippen molar-refractivity contribution in [2.24, 2.45) is 0 Å². The minimum absolute atomic E-state index is 0.0190. The molecule has 1 aromatic heterocycles. The molecule has 1 N–H and O–H groups in total. The standard InChI is InChI=1S/C15H21ClN2O2/c1-2-12-8-11(9-14(16)17-12)15(20)18-7-5-3-4-6-13(18)10-19/h8-9,13,19H,2-7,10H2,1H3. The van der Waals surface area contributed by atoms with Crippen molar-refractivity contribution in [2.75, 3.05) is 13.2 Å². The molecule has 110 valence electrons. The molecule has 1 unspecified atom stereocenters. The average molecular weight is 297 g/mol. The van der Waals surface area contributed by atoms with Crippen molar-refractivity contribution < 1.29 is 9.90 Å². The Labute approximate surface area is 124 Å². The van der Waals surface area contributed by atoms with E-state index in [1.807, 2.05) is 6.92 Å². The third-order valence-electron chi connectivity index (χ3n) is 3.81. The Hall–Kier alpha value is -1.13. The van der Waals surface area contributed by atoms with Gasteiger partial charge in [-0.2, -0.15) is 0 Å². The van der Waals surface area contributed by atoms with Crippen LogP contribution in [0.5, 0.6) is 0 Å². The van der Waals surface area contributed by atoms with Crippen LogP contribution in [-0.2, 0) is 6.42 Å². The van der Waals surface area contributed by atoms with E-state index >= 15 is 0 Å². The Morgan fingerprint density at radius 1 is 1.45 bits per heavy atom. The second-order valence-corrected chi connectivity index (χ2v) is 5.59. The fraction of sp³-hybridized carbons (Fsp3) is 0.600. The minimum atomic E-state index is -0.0815. The highest BCUT2D eigenvalue weighted by Gasteiger charge is 2.26. The lowest BCUT2D eigenvalue weighted by Crippen LogP contribution is -2.42. The van der Waals surface area contributed by atoms with Gasteiger partial charge in [-0.25, -0.2) is 4.98 Å². The van der Waals surface area contributed by atoms with E-state index in [0.29, 0.717) is 17.3 Å². The average Bonchev–Trinajstić information content (AvgIpc) is 2.70. The number of aliphatic hydroxyl groups excluding tert-OH is 1. The zero-order valence-electron chi connectivity index (χ0n) is 11.8. The zero-order valence-corrected chi connectivity index (χ0v) is 12.6. The number of halogens is 1. The number of aliphatic hydroxyl groups is 1. The molecule has 1 aliphatic rings. The number of pyridine rings is 1. The predicted octanol–water partition coefficient (Wildman–Crippen LogP) is 2.67. The van der Waals surface area contributed by atoms with Gasteiger partial charge in [-0.3, -0.25) is 4.79 Å². The summed E-state index contributed by atoms with van der Waals surface area (Å²) >= 11 is 5.98. The molecule has 1 fully saturated rings. The van der Waals surface area contributed by atoms with E-state index in [9.17, 15) is 9.90 Å². The summed E-state index contributed by atoms with van der Waals surface area (Å²) in [5.74, 6) is -0.0510. The van der Waals surface area contributed by atoms with E-state index in [0.717, 1.165) is 37.8 Å². The second-order valence-electron chi connectivity index (χ2n) is 5.21. The first-order valence-electron chi connectivity index (χ1n) is 7.24. The first-order valence-corrected chi connectivity index (χ1v) is 7.61. The van der Waals surface area contributed by atoms with Gasteiger partial charge in [-0.05, 0) is 31.4 Å². The van der Waals surface area contributed by atoms with Crippen LogP contribution in [-0.4, -0.2) is 40.1 Å². The molecule has 1 saturated heterocycles. The highest BCUT2D eigenvalue weighted by atomic mass is 35.5. The summed E-state index contributed by atoms with van der Waals surface area (Å²) in [5.41, 5.74) is 1.39. The number of hydrogen-bond acceptors (Lipinski definition) is 3. The van der Waals surface area contributed by atoms with Crippen LogP contribution >= 0.6 is 11.6 Å². The Kier molecular flexibility index (Phi) is 5.38. The van der Waals surface area contributed by atoms with Gasteiger partial charge in [0.25, 0.3) is 5.91 Å². The largest absolute Gasteiger partial charge is 0.394 e. The quantitative estimate of drug-likeness (QED) is 0.873. The van der Waals surface area contributed by atoms with Crippen LogP contribution in [0.4, 0.5) is 0 Å². The molecule has 0 bridgehead atoms. The number of nitrogens with zero attached hydrogens (tertiary/aromatic N) is 2. The molecule has 0 saturated carbocycles. The Morgan fingerprint density at radius 2 is 2.25 bits per heavy atom. The SMILES string of the molecule is CCc1cc(C(=O)N2CCCCCC2CO)cc(Cl)n1. The number of hydrogen-bond donors (Lipinski definition) is 1. The lowest BCUT2D eigenvalue weighted by molar-refractivity contribution is 0.0599. The monoisotopic (exact) mass is 296 g/mol. The molecule has 1 atom stereocenters. The Bertz CT molecular complexity index is 479. The van der Waals surface area contributed by atoms with Crippen LogP contribution in [0, 0.1) is 0 Å². The molecule has 0 aromatic carbocycles. The van der Waals surface area contributed by atoms with Crippen LogP contribution in [0.1, 0.15) is 48.7 Å². The first kappa shape index (κ1) is 15.3. The Balaban J connectivity index is 2.26. The number of aromatic nitrogens is 1. The Morgan fingerprint density at radius 3 is 2.95 bits per heavy atom. The van der Waals surface area contributed by atoms with Crippen molar-refractivity contribution >= 4 is 17.5 Å². The van der Waals surface area contributed by atoms with E-state index in [4.69, 9.17) is 11.6 Å². The molecule has 1 amide bonds. The van der Waals surface area contributed by atoms with Crippen molar-refractivity contribution in [3.05, 3.63) is 28.5 Å². The van der Waals surface area contributed by atoms with Gasteiger partial charge in [0, 0.05) is 17.8 Å². The van der Waals surface area contributed by atoms with E-state index in [1.165, 1.54) is 0 Å². The van der Waals surface area contributed by atoms with Crippen LogP contribution in [0.3, 0.4) is 0 Å². The number of carbonyl (C=O) groups is 1. The molecule has 4 nitrogen and oxygen atoms in total. The van der Waals surface area contributed by atoms with Gasteiger partial charge >= 0.3 is 0 Å². The van der Waals surface area contributed by atoms with E-state index in [-0.39, 0.29) is 18.6 Å². The van der Waals surface area contributed by atoms with Gasteiger partial charge in [-0.15, -0.1) is 0 Å². The van der Waals surface area contributed by atoms with Crippen molar-refractivity contribution in [1.29, 1.82) is 0 Å². The summed E-state index contributed by atoms with van der Waals surface area (Å²) in [5, 5.41) is 9.86. The smallest absolute Gasteiger partial charge is 0.254 e. The van der Waals surface area contributed by atoms with E-state index < -0.39 is 0 Å². The summed E-state index contributed by atoms with van der Waals surface area (Å²) in [6.07, 6.45) is 4.76. The van der Waals surface area contributed by atoms with Crippen molar-refractivity contribution in [1.82, 2.24) is 9.88 Å². The minimum Gasteiger partial charge on any atom is -0.394 e.